The molecule has 216 valence electrons. The van der Waals surface area contributed by atoms with Crippen LogP contribution in [-0.4, -0.2) is 59.5 Å². The zero-order chi connectivity index (χ0) is 29.2. The third-order valence-corrected chi connectivity index (χ3v) is 7.31. The van der Waals surface area contributed by atoms with Gasteiger partial charge in [-0.3, -0.25) is 4.79 Å². The number of carbonyl (C=O) groups excluding carboxylic acids is 1. The van der Waals surface area contributed by atoms with Crippen molar-refractivity contribution in [2.45, 2.75) is 24.9 Å². The Hall–Kier alpha value is -3.78. The summed E-state index contributed by atoms with van der Waals surface area (Å²) in [4.78, 5) is 13.6. The van der Waals surface area contributed by atoms with Crippen molar-refractivity contribution in [1.82, 2.24) is 16.0 Å². The first-order valence-electron chi connectivity index (χ1n) is 13.6. The Morgan fingerprint density at radius 2 is 1.39 bits per heavy atom. The standard InChI is InChI=1S/C33H38ClN3O4/c1-35-20-28(16-22-10-13-27(34)14-11-22)36-21-29(17-23-9-12-24-7-5-6-8-25(24)15-23)37-33(38)26-18-30(39-2)32(41-4)31(19-26)40-3/h5-15,18-19,28-29,35-36H,16-17,20-21H2,1-4H3,(H,37,38)/t28-,29+/m1/s1. The smallest absolute Gasteiger partial charge is 0.251 e. The van der Waals surface area contributed by atoms with Gasteiger partial charge in [-0.2, -0.15) is 0 Å². The van der Waals surface area contributed by atoms with Gasteiger partial charge < -0.3 is 30.2 Å². The summed E-state index contributed by atoms with van der Waals surface area (Å²) in [5.41, 5.74) is 2.76. The summed E-state index contributed by atoms with van der Waals surface area (Å²) in [6.07, 6.45) is 1.47. The molecule has 0 aliphatic carbocycles. The molecule has 0 bridgehead atoms. The summed E-state index contributed by atoms with van der Waals surface area (Å²) in [6.45, 7) is 1.34. The molecule has 3 N–H and O–H groups in total. The fourth-order valence-corrected chi connectivity index (χ4v) is 5.11. The number of hydrogen-bond acceptors (Lipinski definition) is 6. The summed E-state index contributed by atoms with van der Waals surface area (Å²) in [6, 6.07) is 25.9. The highest BCUT2D eigenvalue weighted by atomic mass is 35.5. The third-order valence-electron chi connectivity index (χ3n) is 7.06. The summed E-state index contributed by atoms with van der Waals surface area (Å²) in [7, 11) is 6.55. The lowest BCUT2D eigenvalue weighted by Gasteiger charge is -2.25. The summed E-state index contributed by atoms with van der Waals surface area (Å²) in [5, 5.41) is 13.3. The first-order valence-corrected chi connectivity index (χ1v) is 14.0. The van der Waals surface area contributed by atoms with Gasteiger partial charge in [0.25, 0.3) is 5.91 Å². The lowest BCUT2D eigenvalue weighted by molar-refractivity contribution is 0.0934. The van der Waals surface area contributed by atoms with E-state index in [2.05, 4.69) is 46.3 Å². The predicted molar refractivity (Wildman–Crippen MR) is 166 cm³/mol. The van der Waals surface area contributed by atoms with E-state index in [1.165, 1.54) is 37.7 Å². The van der Waals surface area contributed by atoms with Crippen molar-refractivity contribution < 1.29 is 19.0 Å². The number of methoxy groups -OCH3 is 3. The number of benzene rings is 4. The molecule has 0 saturated heterocycles. The van der Waals surface area contributed by atoms with Crippen molar-refractivity contribution in [3.63, 3.8) is 0 Å². The van der Waals surface area contributed by atoms with Gasteiger partial charge in [-0.25, -0.2) is 0 Å². The highest BCUT2D eigenvalue weighted by Crippen LogP contribution is 2.38. The summed E-state index contributed by atoms with van der Waals surface area (Å²) < 4.78 is 16.4. The van der Waals surface area contributed by atoms with Crippen LogP contribution in [0.5, 0.6) is 17.2 Å². The van der Waals surface area contributed by atoms with Crippen molar-refractivity contribution in [3.05, 3.63) is 101 Å². The molecule has 0 aliphatic rings. The van der Waals surface area contributed by atoms with Crippen molar-refractivity contribution in [2.24, 2.45) is 0 Å². The quantitative estimate of drug-likeness (QED) is 0.190. The molecule has 4 rings (SSSR count). The van der Waals surface area contributed by atoms with Gasteiger partial charge in [0.05, 0.1) is 21.3 Å². The Morgan fingerprint density at radius 1 is 0.756 bits per heavy atom. The molecule has 0 spiro atoms. The molecule has 0 unspecified atom stereocenters. The lowest BCUT2D eigenvalue weighted by atomic mass is 10.0. The molecule has 0 saturated carbocycles. The summed E-state index contributed by atoms with van der Waals surface area (Å²) in [5.74, 6) is 1.08. The number of carbonyl (C=O) groups is 1. The topological polar surface area (TPSA) is 80.9 Å². The van der Waals surface area contributed by atoms with E-state index in [4.69, 9.17) is 25.8 Å². The number of fused-ring (bicyclic) bond motifs is 1. The zero-order valence-electron chi connectivity index (χ0n) is 24.0. The first kappa shape index (κ1) is 30.2. The lowest BCUT2D eigenvalue weighted by Crippen LogP contribution is -2.48. The SMILES string of the molecule is CNC[C@@H](Cc1ccc(Cl)cc1)NC[C@H](Cc1ccc2ccccc2c1)NC(=O)c1cc(OC)c(OC)c(OC)c1. The largest absolute Gasteiger partial charge is 0.493 e. The van der Waals surface area contributed by atoms with E-state index >= 15 is 0 Å². The van der Waals surface area contributed by atoms with Crippen LogP contribution >= 0.6 is 11.6 Å². The molecule has 4 aromatic carbocycles. The van der Waals surface area contributed by atoms with Crippen LogP contribution in [0.2, 0.25) is 5.02 Å². The van der Waals surface area contributed by atoms with Crippen LogP contribution in [0, 0.1) is 0 Å². The minimum absolute atomic E-state index is 0.151. The van der Waals surface area contributed by atoms with Gasteiger partial charge in [0.15, 0.2) is 11.5 Å². The molecular formula is C33H38ClN3O4. The Labute approximate surface area is 247 Å². The van der Waals surface area contributed by atoms with Crippen LogP contribution in [0.25, 0.3) is 10.8 Å². The van der Waals surface area contributed by atoms with Gasteiger partial charge in [0.2, 0.25) is 5.75 Å². The normalized spacial score (nSPS) is 12.5. The minimum atomic E-state index is -0.222. The summed E-state index contributed by atoms with van der Waals surface area (Å²) >= 11 is 6.09. The fourth-order valence-electron chi connectivity index (χ4n) is 4.98. The Bertz CT molecular complexity index is 1420. The van der Waals surface area contributed by atoms with Gasteiger partial charge in [-0.15, -0.1) is 0 Å². The average molecular weight is 576 g/mol. The maximum atomic E-state index is 13.6. The van der Waals surface area contributed by atoms with Crippen LogP contribution in [0.4, 0.5) is 0 Å². The molecule has 0 fully saturated rings. The number of halogens is 1. The Morgan fingerprint density at radius 3 is 2.02 bits per heavy atom. The molecule has 0 aliphatic heterocycles. The van der Waals surface area contributed by atoms with E-state index in [0.717, 1.165) is 23.6 Å². The van der Waals surface area contributed by atoms with Gasteiger partial charge in [0.1, 0.15) is 0 Å². The fraction of sp³-hybridized carbons (Fsp3) is 0.303. The van der Waals surface area contributed by atoms with Crippen molar-refractivity contribution in [3.8, 4) is 17.2 Å². The minimum Gasteiger partial charge on any atom is -0.493 e. The number of nitrogens with one attached hydrogen (secondary N) is 3. The maximum absolute atomic E-state index is 13.6. The second-order valence-corrected chi connectivity index (χ2v) is 10.4. The first-order chi connectivity index (χ1) is 19.9. The molecule has 1 amide bonds. The molecule has 2 atom stereocenters. The number of likely N-dealkylation sites (N-methyl/N-ethyl adjacent to an activating group) is 1. The molecule has 7 nitrogen and oxygen atoms in total. The number of hydrogen-bond donors (Lipinski definition) is 3. The molecular weight excluding hydrogens is 538 g/mol. The van der Waals surface area contributed by atoms with Crippen molar-refractivity contribution in [1.29, 1.82) is 0 Å². The maximum Gasteiger partial charge on any atom is 0.251 e. The van der Waals surface area contributed by atoms with Crippen molar-refractivity contribution >= 4 is 28.3 Å². The number of amides is 1. The van der Waals surface area contributed by atoms with Crippen LogP contribution in [-0.2, 0) is 12.8 Å². The monoisotopic (exact) mass is 575 g/mol. The molecule has 0 radical (unpaired) electrons. The van der Waals surface area contributed by atoms with Gasteiger partial charge >= 0.3 is 0 Å². The average Bonchev–Trinajstić information content (AvgIpc) is 3.00. The van der Waals surface area contributed by atoms with Gasteiger partial charge in [-0.1, -0.05) is 66.2 Å². The Kier molecular flexibility index (Phi) is 10.8. The van der Waals surface area contributed by atoms with E-state index in [1.807, 2.05) is 43.4 Å². The van der Waals surface area contributed by atoms with E-state index in [9.17, 15) is 4.79 Å². The molecule has 8 heteroatoms. The number of ether oxygens (including phenoxy) is 3. The van der Waals surface area contributed by atoms with Crippen molar-refractivity contribution in [2.75, 3.05) is 41.5 Å². The third kappa shape index (κ3) is 8.13. The second kappa shape index (κ2) is 14.7. The zero-order valence-corrected chi connectivity index (χ0v) is 24.8. The predicted octanol–water partition coefficient (Wildman–Crippen LogP) is 5.28. The van der Waals surface area contributed by atoms with Crippen LogP contribution in [0.3, 0.4) is 0 Å². The molecule has 41 heavy (non-hydrogen) atoms. The van der Waals surface area contributed by atoms with Gasteiger partial charge in [0, 0.05) is 35.8 Å². The number of rotatable bonds is 14. The van der Waals surface area contributed by atoms with Crippen LogP contribution in [0.15, 0.2) is 78.9 Å². The molecule has 0 aromatic heterocycles. The molecule has 0 heterocycles. The van der Waals surface area contributed by atoms with E-state index in [0.29, 0.717) is 35.8 Å². The van der Waals surface area contributed by atoms with E-state index in [1.54, 1.807) is 12.1 Å². The van der Waals surface area contributed by atoms with Crippen LogP contribution in [0.1, 0.15) is 21.5 Å². The highest BCUT2D eigenvalue weighted by Gasteiger charge is 2.21. The molecule has 4 aromatic rings. The Balaban J connectivity index is 1.56. The highest BCUT2D eigenvalue weighted by molar-refractivity contribution is 6.30. The second-order valence-electron chi connectivity index (χ2n) is 9.96. The van der Waals surface area contributed by atoms with E-state index in [-0.39, 0.29) is 18.0 Å². The van der Waals surface area contributed by atoms with Crippen LogP contribution < -0.4 is 30.2 Å². The van der Waals surface area contributed by atoms with E-state index < -0.39 is 0 Å². The van der Waals surface area contributed by atoms with Gasteiger partial charge in [-0.05, 0) is 66.1 Å².